The minimum absolute atomic E-state index is 0.0778. The Kier molecular flexibility index (Phi) is 14.6. The number of benzene rings is 1. The van der Waals surface area contributed by atoms with Gasteiger partial charge in [0.1, 0.15) is 10.6 Å². The fraction of sp³-hybridized carbons (Fsp3) is 0.360. The third-order valence-electron chi connectivity index (χ3n) is 5.23. The average Bonchev–Trinajstić information content (AvgIpc) is 3.33. The maximum Gasteiger partial charge on any atom is 0.414 e. The van der Waals surface area contributed by atoms with E-state index in [1.54, 1.807) is 6.92 Å². The van der Waals surface area contributed by atoms with Crippen LogP contribution in [0, 0.1) is 0 Å². The van der Waals surface area contributed by atoms with Crippen LogP contribution in [0.4, 0.5) is 5.00 Å². The van der Waals surface area contributed by atoms with Crippen LogP contribution < -0.4 is 5.32 Å². The molecule has 1 saturated heterocycles. The van der Waals surface area contributed by atoms with E-state index < -0.39 is 29.8 Å². The van der Waals surface area contributed by atoms with Crippen molar-refractivity contribution in [3.05, 3.63) is 41.3 Å². The van der Waals surface area contributed by atoms with Gasteiger partial charge in [-0.05, 0) is 19.5 Å². The highest BCUT2D eigenvalue weighted by Gasteiger charge is 2.23. The minimum Gasteiger partial charge on any atom is -0.473 e. The smallest absolute Gasteiger partial charge is 0.414 e. The second kappa shape index (κ2) is 17.3. The minimum atomic E-state index is -1.82. The van der Waals surface area contributed by atoms with E-state index in [1.807, 2.05) is 35.7 Å². The van der Waals surface area contributed by atoms with Gasteiger partial charge in [-0.1, -0.05) is 30.3 Å². The Balaban J connectivity index is 0.000000559. The van der Waals surface area contributed by atoms with E-state index in [4.69, 9.17) is 44.3 Å². The molecule has 0 unspecified atom stereocenters. The molecule has 3 rings (SSSR count). The first-order valence-electron chi connectivity index (χ1n) is 11.8. The van der Waals surface area contributed by atoms with Crippen LogP contribution in [-0.4, -0.2) is 112 Å². The average molecular weight is 582 g/mol. The van der Waals surface area contributed by atoms with E-state index >= 15 is 0 Å². The van der Waals surface area contributed by atoms with Gasteiger partial charge in [-0.25, -0.2) is 24.0 Å². The fourth-order valence-corrected chi connectivity index (χ4v) is 4.18. The zero-order valence-corrected chi connectivity index (χ0v) is 22.7. The third kappa shape index (κ3) is 12.0. The van der Waals surface area contributed by atoms with Crippen molar-refractivity contribution in [3.63, 3.8) is 0 Å². The molecule has 0 saturated carbocycles. The van der Waals surface area contributed by atoms with Crippen molar-refractivity contribution < 1.29 is 53.9 Å². The molecule has 0 spiro atoms. The lowest BCUT2D eigenvalue weighted by atomic mass is 10.0. The number of carbonyl (C=O) groups is 6. The standard InChI is InChI=1S/C21H27N3O3S.2C2H2O4/c1-3-27-21(26)19-17(16-7-5-4-6-8-16)15-28-20(19)22-18(25)9-10-24-13-11-23(2)12-14-24;2*3-1(4)2(5)6/h4-8,15H,3,9-14H2,1-2H3,(H,22,25);2*(H,3,4)(H,5,6). The van der Waals surface area contributed by atoms with Crippen molar-refractivity contribution in [2.75, 3.05) is 51.7 Å². The number of hydrogen-bond donors (Lipinski definition) is 5. The number of carboxylic acid groups (broad SMARTS) is 4. The van der Waals surface area contributed by atoms with Gasteiger partial charge in [-0.2, -0.15) is 0 Å². The summed E-state index contributed by atoms with van der Waals surface area (Å²) in [4.78, 5) is 66.1. The van der Waals surface area contributed by atoms with E-state index in [9.17, 15) is 9.59 Å². The van der Waals surface area contributed by atoms with Crippen molar-refractivity contribution in [2.45, 2.75) is 13.3 Å². The number of anilines is 1. The number of piperazine rings is 1. The lowest BCUT2D eigenvalue weighted by Crippen LogP contribution is -2.45. The van der Waals surface area contributed by atoms with Crippen molar-refractivity contribution in [2.24, 2.45) is 0 Å². The molecule has 15 heteroatoms. The predicted octanol–water partition coefficient (Wildman–Crippen LogP) is 1.48. The first-order chi connectivity index (χ1) is 18.9. The number of thiophene rings is 1. The molecule has 0 bridgehead atoms. The molecular formula is C25H31N3O11S. The maximum absolute atomic E-state index is 12.6. The number of nitrogens with one attached hydrogen (secondary N) is 1. The number of rotatable bonds is 7. The van der Waals surface area contributed by atoms with Crippen LogP contribution in [0.5, 0.6) is 0 Å². The number of likely N-dealkylation sites (N-methyl/N-ethyl adjacent to an activating group) is 1. The monoisotopic (exact) mass is 581 g/mol. The van der Waals surface area contributed by atoms with Gasteiger partial charge in [-0.15, -0.1) is 11.3 Å². The number of hydrogen-bond acceptors (Lipinski definition) is 10. The van der Waals surface area contributed by atoms with Gasteiger partial charge < -0.3 is 40.3 Å². The highest BCUT2D eigenvalue weighted by atomic mass is 32.1. The Labute approximate surface area is 233 Å². The van der Waals surface area contributed by atoms with Crippen molar-refractivity contribution in [1.29, 1.82) is 0 Å². The third-order valence-corrected chi connectivity index (χ3v) is 6.12. The second-order valence-electron chi connectivity index (χ2n) is 8.10. The highest BCUT2D eigenvalue weighted by Crippen LogP contribution is 2.36. The van der Waals surface area contributed by atoms with E-state index in [2.05, 4.69) is 22.2 Å². The van der Waals surface area contributed by atoms with Gasteiger partial charge >= 0.3 is 29.8 Å². The summed E-state index contributed by atoms with van der Waals surface area (Å²) < 4.78 is 5.24. The van der Waals surface area contributed by atoms with Gasteiger partial charge in [-0.3, -0.25) is 4.79 Å². The Hall–Kier alpha value is -4.34. The van der Waals surface area contributed by atoms with Crippen LogP contribution in [-0.2, 0) is 28.7 Å². The summed E-state index contributed by atoms with van der Waals surface area (Å²) in [6, 6.07) is 9.68. The van der Waals surface area contributed by atoms with E-state index in [-0.39, 0.29) is 5.91 Å². The second-order valence-corrected chi connectivity index (χ2v) is 8.98. The molecule has 1 amide bonds. The van der Waals surface area contributed by atoms with Crippen molar-refractivity contribution >= 4 is 52.1 Å². The van der Waals surface area contributed by atoms with Crippen LogP contribution in [0.25, 0.3) is 11.1 Å². The molecule has 1 aromatic carbocycles. The lowest BCUT2D eigenvalue weighted by molar-refractivity contribution is -0.159. The van der Waals surface area contributed by atoms with Gasteiger partial charge in [0.15, 0.2) is 0 Å². The van der Waals surface area contributed by atoms with Crippen molar-refractivity contribution in [3.8, 4) is 11.1 Å². The molecule has 0 aliphatic carbocycles. The molecule has 14 nitrogen and oxygen atoms in total. The topological polar surface area (TPSA) is 211 Å². The predicted molar refractivity (Wildman–Crippen MR) is 143 cm³/mol. The van der Waals surface area contributed by atoms with Gasteiger partial charge in [0.25, 0.3) is 0 Å². The molecule has 1 aliphatic rings. The van der Waals surface area contributed by atoms with Gasteiger partial charge in [0.2, 0.25) is 5.91 Å². The summed E-state index contributed by atoms with van der Waals surface area (Å²) in [6.07, 6.45) is 0.407. The number of aliphatic carboxylic acids is 4. The zero-order chi connectivity index (χ0) is 30.2. The van der Waals surface area contributed by atoms with Crippen molar-refractivity contribution in [1.82, 2.24) is 9.80 Å². The molecular weight excluding hydrogens is 550 g/mol. The van der Waals surface area contributed by atoms with E-state index in [0.717, 1.165) is 43.9 Å². The van der Waals surface area contributed by atoms with E-state index in [1.165, 1.54) is 11.3 Å². The van der Waals surface area contributed by atoms with Crippen LogP contribution in [0.1, 0.15) is 23.7 Å². The summed E-state index contributed by atoms with van der Waals surface area (Å²) in [5, 5.41) is 35.0. The first kappa shape index (κ1) is 33.7. The summed E-state index contributed by atoms with van der Waals surface area (Å²) >= 11 is 1.36. The molecule has 40 heavy (non-hydrogen) atoms. The van der Waals surface area contributed by atoms with Gasteiger partial charge in [0.05, 0.1) is 6.61 Å². The highest BCUT2D eigenvalue weighted by molar-refractivity contribution is 7.15. The summed E-state index contributed by atoms with van der Waals surface area (Å²) in [5.41, 5.74) is 2.16. The Morgan fingerprint density at radius 2 is 1.40 bits per heavy atom. The normalized spacial score (nSPS) is 12.9. The number of esters is 1. The molecule has 5 N–H and O–H groups in total. The Morgan fingerprint density at radius 3 is 1.88 bits per heavy atom. The number of ether oxygens (including phenoxy) is 1. The molecule has 2 aromatic rings. The summed E-state index contributed by atoms with van der Waals surface area (Å²) in [5.74, 6) is -7.78. The number of amides is 1. The van der Waals surface area contributed by atoms with Crippen LogP contribution in [0.3, 0.4) is 0 Å². The molecule has 2 heterocycles. The number of nitrogens with zero attached hydrogens (tertiary/aromatic N) is 2. The van der Waals surface area contributed by atoms with Crippen LogP contribution in [0.15, 0.2) is 35.7 Å². The largest absolute Gasteiger partial charge is 0.473 e. The molecule has 1 aromatic heterocycles. The molecule has 1 aliphatic heterocycles. The molecule has 1 fully saturated rings. The summed E-state index contributed by atoms with van der Waals surface area (Å²) in [6.45, 7) is 6.82. The quantitative estimate of drug-likeness (QED) is 0.232. The Bertz CT molecular complexity index is 1130. The molecule has 218 valence electrons. The SMILES string of the molecule is CCOC(=O)c1c(-c2ccccc2)csc1NC(=O)CCN1CCN(C)CC1.O=C(O)C(=O)O.O=C(O)C(=O)O. The zero-order valence-electron chi connectivity index (χ0n) is 21.9. The summed E-state index contributed by atoms with van der Waals surface area (Å²) in [7, 11) is 2.11. The van der Waals surface area contributed by atoms with Crippen LogP contribution in [0.2, 0.25) is 0 Å². The number of carbonyl (C=O) groups excluding carboxylic acids is 2. The van der Waals surface area contributed by atoms with E-state index in [0.29, 0.717) is 23.6 Å². The van der Waals surface area contributed by atoms with Gasteiger partial charge in [0, 0.05) is 50.1 Å². The number of carboxylic acids is 4. The fourth-order valence-electron chi connectivity index (χ4n) is 3.21. The first-order valence-corrected chi connectivity index (χ1v) is 12.7. The molecule has 0 radical (unpaired) electrons. The lowest BCUT2D eigenvalue weighted by Gasteiger charge is -2.32. The van der Waals surface area contributed by atoms with Crippen LogP contribution >= 0.6 is 11.3 Å². The Morgan fingerprint density at radius 1 is 0.875 bits per heavy atom. The molecule has 0 atom stereocenters. The maximum atomic E-state index is 12.6.